The molecule has 0 unspecified atom stereocenters. The van der Waals surface area contributed by atoms with Crippen LogP contribution in [0.4, 0.5) is 0 Å². The fourth-order valence-corrected chi connectivity index (χ4v) is 6.05. The molecule has 0 radical (unpaired) electrons. The molecular weight excluding hydrogens is 372 g/mol. The molecule has 1 aromatic heterocycles. The summed E-state index contributed by atoms with van der Waals surface area (Å²) in [5.41, 5.74) is 2.37. The molecule has 2 aromatic rings. The van der Waals surface area contributed by atoms with Crippen molar-refractivity contribution in [1.29, 1.82) is 0 Å². The van der Waals surface area contributed by atoms with Gasteiger partial charge in [0.25, 0.3) is 5.91 Å². The molecule has 0 bridgehead atoms. The molecule has 2 aliphatic rings. The van der Waals surface area contributed by atoms with E-state index in [0.717, 1.165) is 11.1 Å². The molecular formula is C18H20N2O4S2. The molecule has 8 heteroatoms. The fourth-order valence-electron chi connectivity index (χ4n) is 3.78. The minimum absolute atomic E-state index is 0.0121. The second kappa shape index (κ2) is 6.77. The van der Waals surface area contributed by atoms with Gasteiger partial charge in [-0.2, -0.15) is 15.6 Å². The molecule has 1 saturated heterocycles. The van der Waals surface area contributed by atoms with Crippen molar-refractivity contribution in [2.24, 2.45) is 5.92 Å². The largest absolute Gasteiger partial charge is 0.396 e. The Balaban J connectivity index is 1.65. The lowest BCUT2D eigenvalue weighted by atomic mass is 9.92. The lowest BCUT2D eigenvalue weighted by Gasteiger charge is -2.20. The number of nitrogens with zero attached hydrogens (tertiary/aromatic N) is 1. The van der Waals surface area contributed by atoms with Crippen LogP contribution < -0.4 is 5.32 Å². The number of thiophene rings is 1. The van der Waals surface area contributed by atoms with Crippen molar-refractivity contribution in [3.8, 4) is 0 Å². The highest BCUT2D eigenvalue weighted by Crippen LogP contribution is 2.36. The summed E-state index contributed by atoms with van der Waals surface area (Å²) in [5, 5.41) is 16.4. The summed E-state index contributed by atoms with van der Waals surface area (Å²) in [6.45, 7) is 1.14. The Morgan fingerprint density at radius 2 is 2.12 bits per heavy atom. The first-order valence-corrected chi connectivity index (χ1v) is 10.9. The van der Waals surface area contributed by atoms with Crippen LogP contribution in [0.5, 0.6) is 0 Å². The highest BCUT2D eigenvalue weighted by molar-refractivity contribution is 7.89. The summed E-state index contributed by atoms with van der Waals surface area (Å²) < 4.78 is 27.7. The average Bonchev–Trinajstić information content (AvgIpc) is 3.31. The van der Waals surface area contributed by atoms with Crippen LogP contribution in [0.1, 0.15) is 27.4 Å². The highest BCUT2D eigenvalue weighted by atomic mass is 32.2. The fraction of sp³-hybridized carbons (Fsp3) is 0.389. The Kier molecular flexibility index (Phi) is 4.60. The van der Waals surface area contributed by atoms with Gasteiger partial charge in [-0.25, -0.2) is 8.42 Å². The monoisotopic (exact) mass is 392 g/mol. The van der Waals surface area contributed by atoms with Crippen LogP contribution in [0, 0.1) is 5.92 Å². The number of hydrogen-bond donors (Lipinski definition) is 2. The molecule has 1 amide bonds. The molecule has 4 rings (SSSR count). The van der Waals surface area contributed by atoms with Gasteiger partial charge in [0.2, 0.25) is 10.0 Å². The number of aliphatic hydroxyl groups excluding tert-OH is 1. The predicted octanol–water partition coefficient (Wildman–Crippen LogP) is 1.43. The maximum atomic E-state index is 13.1. The van der Waals surface area contributed by atoms with Gasteiger partial charge in [0.15, 0.2) is 0 Å². The van der Waals surface area contributed by atoms with E-state index in [1.165, 1.54) is 10.4 Å². The molecule has 1 fully saturated rings. The number of benzene rings is 1. The van der Waals surface area contributed by atoms with Gasteiger partial charge in [-0.1, -0.05) is 6.07 Å². The topological polar surface area (TPSA) is 86.7 Å². The first-order chi connectivity index (χ1) is 12.5. The normalized spacial score (nSPS) is 23.7. The van der Waals surface area contributed by atoms with Crippen LogP contribution in [-0.2, 0) is 16.4 Å². The number of fused-ring (bicyclic) bond motifs is 1. The molecule has 3 heterocycles. The van der Waals surface area contributed by atoms with Crippen LogP contribution in [0.2, 0.25) is 0 Å². The van der Waals surface area contributed by atoms with Crippen LogP contribution in [0.3, 0.4) is 0 Å². The minimum atomic E-state index is -3.72. The third-order valence-corrected chi connectivity index (χ3v) is 7.79. The molecule has 26 heavy (non-hydrogen) atoms. The van der Waals surface area contributed by atoms with Crippen LogP contribution >= 0.6 is 11.3 Å². The van der Waals surface area contributed by atoms with E-state index in [9.17, 15) is 18.3 Å². The van der Waals surface area contributed by atoms with Gasteiger partial charge in [0, 0.05) is 43.6 Å². The van der Waals surface area contributed by atoms with Crippen LogP contribution in [0.15, 0.2) is 39.9 Å². The van der Waals surface area contributed by atoms with Crippen molar-refractivity contribution in [3.63, 3.8) is 0 Å². The lowest BCUT2D eigenvalue weighted by molar-refractivity contribution is 0.0945. The van der Waals surface area contributed by atoms with Crippen molar-refractivity contribution >= 4 is 27.3 Å². The first-order valence-electron chi connectivity index (χ1n) is 8.55. The minimum Gasteiger partial charge on any atom is -0.396 e. The molecule has 1 aromatic carbocycles. The Morgan fingerprint density at radius 3 is 2.85 bits per heavy atom. The predicted molar refractivity (Wildman–Crippen MR) is 98.9 cm³/mol. The van der Waals surface area contributed by atoms with Crippen molar-refractivity contribution in [3.05, 3.63) is 51.7 Å². The lowest BCUT2D eigenvalue weighted by Crippen LogP contribution is -2.33. The quantitative estimate of drug-likeness (QED) is 0.824. The molecule has 0 spiro atoms. The molecule has 6 nitrogen and oxygen atoms in total. The smallest absolute Gasteiger partial charge is 0.251 e. The molecule has 0 saturated carbocycles. The van der Waals surface area contributed by atoms with Gasteiger partial charge >= 0.3 is 0 Å². The highest BCUT2D eigenvalue weighted by Gasteiger charge is 2.40. The standard InChI is InChI=1S/C18H20N2O4S2/c21-10-14-8-20(9-17(14)13-4-6-25-11-13)26(23,24)15-2-1-12-3-5-19-18(22)16(12)7-15/h1-2,4,6-7,11,14,17,21H,3,5,8-10H2,(H,19,22)/t14-,17+/m0/s1. The van der Waals surface area contributed by atoms with Crippen molar-refractivity contribution in [2.45, 2.75) is 17.2 Å². The number of carbonyl (C=O) groups is 1. The van der Waals surface area contributed by atoms with E-state index in [2.05, 4.69) is 5.32 Å². The van der Waals surface area contributed by atoms with Gasteiger partial charge in [0.05, 0.1) is 4.90 Å². The van der Waals surface area contributed by atoms with E-state index in [4.69, 9.17) is 0 Å². The number of hydrogen-bond acceptors (Lipinski definition) is 5. The maximum Gasteiger partial charge on any atom is 0.251 e. The number of carbonyl (C=O) groups excluding carboxylic acids is 1. The summed E-state index contributed by atoms with van der Waals surface area (Å²) in [6.07, 6.45) is 0.706. The van der Waals surface area contributed by atoms with Crippen molar-refractivity contribution in [2.75, 3.05) is 26.2 Å². The second-order valence-corrected chi connectivity index (χ2v) is 9.47. The molecule has 0 aliphatic carbocycles. The van der Waals surface area contributed by atoms with Crippen molar-refractivity contribution in [1.82, 2.24) is 9.62 Å². The van der Waals surface area contributed by atoms with Gasteiger partial charge in [-0.05, 0) is 46.5 Å². The molecule has 2 N–H and O–H groups in total. The Labute approximate surface area is 156 Å². The van der Waals surface area contributed by atoms with Crippen LogP contribution in [0.25, 0.3) is 0 Å². The number of amides is 1. The maximum absolute atomic E-state index is 13.1. The average molecular weight is 393 g/mol. The first kappa shape index (κ1) is 17.7. The van der Waals surface area contributed by atoms with Gasteiger partial charge in [-0.3, -0.25) is 4.79 Å². The van der Waals surface area contributed by atoms with E-state index in [1.54, 1.807) is 23.5 Å². The van der Waals surface area contributed by atoms with Crippen LogP contribution in [-0.4, -0.2) is 50.0 Å². The van der Waals surface area contributed by atoms with E-state index >= 15 is 0 Å². The molecule has 138 valence electrons. The van der Waals surface area contributed by atoms with Gasteiger partial charge in [-0.15, -0.1) is 0 Å². The summed E-state index contributed by atoms with van der Waals surface area (Å²) >= 11 is 1.57. The number of aliphatic hydroxyl groups is 1. The summed E-state index contributed by atoms with van der Waals surface area (Å²) in [4.78, 5) is 12.2. The van der Waals surface area contributed by atoms with E-state index < -0.39 is 10.0 Å². The Hall–Kier alpha value is -1.74. The third-order valence-electron chi connectivity index (χ3n) is 5.26. The Morgan fingerprint density at radius 1 is 1.27 bits per heavy atom. The number of rotatable bonds is 4. The second-order valence-electron chi connectivity index (χ2n) is 6.75. The Bertz CT molecular complexity index is 925. The van der Waals surface area contributed by atoms with E-state index in [1.807, 2.05) is 16.8 Å². The van der Waals surface area contributed by atoms with E-state index in [0.29, 0.717) is 25.1 Å². The number of sulfonamides is 1. The summed E-state index contributed by atoms with van der Waals surface area (Å²) in [7, 11) is -3.72. The van der Waals surface area contributed by atoms with Crippen molar-refractivity contribution < 1.29 is 18.3 Å². The van der Waals surface area contributed by atoms with Gasteiger partial charge < -0.3 is 10.4 Å². The molecule has 2 aliphatic heterocycles. The molecule has 2 atom stereocenters. The summed E-state index contributed by atoms with van der Waals surface area (Å²) in [6, 6.07) is 6.78. The summed E-state index contributed by atoms with van der Waals surface area (Å²) in [5.74, 6) is -0.364. The zero-order valence-electron chi connectivity index (χ0n) is 14.1. The SMILES string of the molecule is O=C1NCCc2ccc(S(=O)(=O)N3C[C@@H](CO)[C@@H](c4ccsc4)C3)cc21. The van der Waals surface area contributed by atoms with Gasteiger partial charge in [0.1, 0.15) is 0 Å². The third kappa shape index (κ3) is 2.96. The zero-order chi connectivity index (χ0) is 18.3. The van der Waals surface area contributed by atoms with E-state index in [-0.39, 0.29) is 35.8 Å². The number of nitrogens with one attached hydrogen (secondary N) is 1. The zero-order valence-corrected chi connectivity index (χ0v) is 15.7.